The third kappa shape index (κ3) is 5.52. The highest BCUT2D eigenvalue weighted by Gasteiger charge is 2.17. The summed E-state index contributed by atoms with van der Waals surface area (Å²) < 4.78 is 0. The van der Waals surface area contributed by atoms with Gasteiger partial charge in [0.2, 0.25) is 5.91 Å². The molecule has 1 unspecified atom stereocenters. The lowest BCUT2D eigenvalue weighted by molar-refractivity contribution is -0.125. The average Bonchev–Trinajstić information content (AvgIpc) is 2.28. The first-order chi connectivity index (χ1) is 8.28. The smallest absolute Gasteiger partial charge is 0.223 e. The second-order valence-corrected chi connectivity index (χ2v) is 5.70. The summed E-state index contributed by atoms with van der Waals surface area (Å²) in [6.07, 6.45) is 0.662. The van der Waals surface area contributed by atoms with Gasteiger partial charge in [0.1, 0.15) is 0 Å². The second-order valence-electron chi connectivity index (χ2n) is 5.26. The van der Waals surface area contributed by atoms with Crippen molar-refractivity contribution in [3.8, 4) is 0 Å². The van der Waals surface area contributed by atoms with E-state index in [4.69, 9.17) is 11.6 Å². The fourth-order valence-electron chi connectivity index (χ4n) is 1.54. The molecule has 0 aliphatic carbocycles. The Balaban J connectivity index is 2.47. The third-order valence-corrected chi connectivity index (χ3v) is 2.85. The number of hydrogen-bond donors (Lipinski definition) is 2. The van der Waals surface area contributed by atoms with Crippen LogP contribution in [0.1, 0.15) is 26.3 Å². The van der Waals surface area contributed by atoms with Crippen molar-refractivity contribution in [2.45, 2.75) is 32.8 Å². The zero-order valence-corrected chi connectivity index (χ0v) is 11.8. The first-order valence-electron chi connectivity index (χ1n) is 6.02. The van der Waals surface area contributed by atoms with Crippen LogP contribution in [0.2, 0.25) is 5.02 Å². The molecule has 0 saturated heterocycles. The van der Waals surface area contributed by atoms with E-state index >= 15 is 0 Å². The fourth-order valence-corrected chi connectivity index (χ4v) is 1.67. The largest absolute Gasteiger partial charge is 0.389 e. The molecule has 0 aliphatic rings. The van der Waals surface area contributed by atoms with Crippen LogP contribution in [0.4, 0.5) is 0 Å². The Bertz CT molecular complexity index is 395. The van der Waals surface area contributed by atoms with Gasteiger partial charge in [0.25, 0.3) is 0 Å². The van der Waals surface area contributed by atoms with Crippen LogP contribution in [0.15, 0.2) is 24.3 Å². The molecule has 4 heteroatoms. The van der Waals surface area contributed by atoms with Gasteiger partial charge in [-0.3, -0.25) is 4.79 Å². The van der Waals surface area contributed by atoms with Gasteiger partial charge < -0.3 is 10.4 Å². The van der Waals surface area contributed by atoms with Crippen molar-refractivity contribution >= 4 is 17.5 Å². The molecule has 0 saturated carbocycles. The van der Waals surface area contributed by atoms with Crippen LogP contribution in [0, 0.1) is 5.92 Å². The van der Waals surface area contributed by atoms with E-state index in [0.717, 1.165) is 5.56 Å². The zero-order chi connectivity index (χ0) is 13.8. The third-order valence-electron chi connectivity index (χ3n) is 2.60. The number of nitrogens with one attached hydrogen (secondary N) is 1. The van der Waals surface area contributed by atoms with Gasteiger partial charge in [-0.05, 0) is 38.0 Å². The summed E-state index contributed by atoms with van der Waals surface area (Å²) in [5.41, 5.74) is 0.195. The minimum Gasteiger partial charge on any atom is -0.389 e. The molecule has 0 spiro atoms. The minimum atomic E-state index is -0.879. The molecule has 1 rings (SSSR count). The Morgan fingerprint density at radius 1 is 1.39 bits per heavy atom. The number of aliphatic hydroxyl groups is 1. The molecule has 1 aromatic rings. The molecule has 0 fully saturated rings. The van der Waals surface area contributed by atoms with Gasteiger partial charge in [-0.15, -0.1) is 0 Å². The highest BCUT2D eigenvalue weighted by Crippen LogP contribution is 2.13. The molecule has 0 radical (unpaired) electrons. The Kier molecular flexibility index (Phi) is 5.17. The summed E-state index contributed by atoms with van der Waals surface area (Å²) in [4.78, 5) is 11.8. The number of halogens is 1. The lowest BCUT2D eigenvalue weighted by Gasteiger charge is -2.19. The Morgan fingerprint density at radius 3 is 2.44 bits per heavy atom. The summed E-state index contributed by atoms with van der Waals surface area (Å²) in [6, 6.07) is 7.47. The zero-order valence-electron chi connectivity index (χ0n) is 11.0. The van der Waals surface area contributed by atoms with Crippen molar-refractivity contribution in [3.05, 3.63) is 34.9 Å². The summed E-state index contributed by atoms with van der Waals surface area (Å²) in [5, 5.41) is 13.0. The van der Waals surface area contributed by atoms with Crippen molar-refractivity contribution in [3.63, 3.8) is 0 Å². The van der Waals surface area contributed by atoms with Crippen molar-refractivity contribution in [2.75, 3.05) is 6.54 Å². The molecular formula is C14H20ClNO2. The van der Waals surface area contributed by atoms with Gasteiger partial charge in [-0.1, -0.05) is 30.7 Å². The first kappa shape index (κ1) is 15.0. The van der Waals surface area contributed by atoms with Gasteiger partial charge in [0, 0.05) is 17.5 Å². The Morgan fingerprint density at radius 2 is 1.94 bits per heavy atom. The van der Waals surface area contributed by atoms with Gasteiger partial charge in [-0.25, -0.2) is 0 Å². The monoisotopic (exact) mass is 269 g/mol. The number of amides is 1. The standard InChI is InChI=1S/C14H20ClNO2/c1-10(13(17)16-9-14(2,3)18)8-11-4-6-12(15)7-5-11/h4-7,10,18H,8-9H2,1-3H3,(H,16,17). The number of rotatable bonds is 5. The van der Waals surface area contributed by atoms with Crippen LogP contribution >= 0.6 is 11.6 Å². The van der Waals surface area contributed by atoms with Crippen LogP contribution in [0.5, 0.6) is 0 Å². The maximum Gasteiger partial charge on any atom is 0.223 e. The molecule has 3 nitrogen and oxygen atoms in total. The van der Waals surface area contributed by atoms with Crippen LogP contribution in [0.25, 0.3) is 0 Å². The fraction of sp³-hybridized carbons (Fsp3) is 0.500. The molecule has 0 heterocycles. The van der Waals surface area contributed by atoms with Gasteiger partial charge >= 0.3 is 0 Å². The number of carbonyl (C=O) groups excluding carboxylic acids is 1. The summed E-state index contributed by atoms with van der Waals surface area (Å²) >= 11 is 5.80. The molecule has 0 aromatic heterocycles. The first-order valence-corrected chi connectivity index (χ1v) is 6.40. The lowest BCUT2D eigenvalue weighted by Crippen LogP contribution is -2.40. The predicted octanol–water partition coefficient (Wildman–Crippen LogP) is 2.41. The SMILES string of the molecule is CC(Cc1ccc(Cl)cc1)C(=O)NCC(C)(C)O. The van der Waals surface area contributed by atoms with Crippen LogP contribution in [0.3, 0.4) is 0 Å². The van der Waals surface area contributed by atoms with E-state index in [1.54, 1.807) is 13.8 Å². The number of benzene rings is 1. The maximum atomic E-state index is 11.8. The van der Waals surface area contributed by atoms with Crippen LogP contribution < -0.4 is 5.32 Å². The van der Waals surface area contributed by atoms with Gasteiger partial charge in [-0.2, -0.15) is 0 Å². The summed E-state index contributed by atoms with van der Waals surface area (Å²) in [6.45, 7) is 5.46. The quantitative estimate of drug-likeness (QED) is 0.862. The van der Waals surface area contributed by atoms with Crippen LogP contribution in [-0.4, -0.2) is 23.2 Å². The van der Waals surface area contributed by atoms with Crippen molar-refractivity contribution in [1.82, 2.24) is 5.32 Å². The molecule has 1 atom stereocenters. The van der Waals surface area contributed by atoms with E-state index in [9.17, 15) is 9.90 Å². The second kappa shape index (κ2) is 6.21. The molecule has 0 aliphatic heterocycles. The maximum absolute atomic E-state index is 11.8. The van der Waals surface area contributed by atoms with E-state index in [1.165, 1.54) is 0 Å². The molecule has 0 bridgehead atoms. The van der Waals surface area contributed by atoms with Gasteiger partial charge in [0.05, 0.1) is 5.60 Å². The highest BCUT2D eigenvalue weighted by atomic mass is 35.5. The molecule has 100 valence electrons. The van der Waals surface area contributed by atoms with E-state index in [-0.39, 0.29) is 18.4 Å². The van der Waals surface area contributed by atoms with Crippen LogP contribution in [-0.2, 0) is 11.2 Å². The topological polar surface area (TPSA) is 49.3 Å². The van der Waals surface area contributed by atoms with E-state index in [0.29, 0.717) is 11.4 Å². The molecule has 1 amide bonds. The lowest BCUT2D eigenvalue weighted by atomic mass is 10.00. The average molecular weight is 270 g/mol. The molecule has 1 aromatic carbocycles. The summed E-state index contributed by atoms with van der Waals surface area (Å²) in [5.74, 6) is -0.180. The van der Waals surface area contributed by atoms with E-state index in [2.05, 4.69) is 5.32 Å². The van der Waals surface area contributed by atoms with Crippen molar-refractivity contribution in [1.29, 1.82) is 0 Å². The normalized spacial score (nSPS) is 13.2. The Labute approximate surface area is 113 Å². The number of carbonyl (C=O) groups is 1. The Hall–Kier alpha value is -1.06. The van der Waals surface area contributed by atoms with E-state index < -0.39 is 5.60 Å². The van der Waals surface area contributed by atoms with Gasteiger partial charge in [0.15, 0.2) is 0 Å². The predicted molar refractivity (Wildman–Crippen MR) is 73.6 cm³/mol. The minimum absolute atomic E-state index is 0.0490. The number of hydrogen-bond acceptors (Lipinski definition) is 2. The molecule has 18 heavy (non-hydrogen) atoms. The van der Waals surface area contributed by atoms with Crippen molar-refractivity contribution < 1.29 is 9.90 Å². The van der Waals surface area contributed by atoms with E-state index in [1.807, 2.05) is 31.2 Å². The molecular weight excluding hydrogens is 250 g/mol. The molecule has 2 N–H and O–H groups in total. The highest BCUT2D eigenvalue weighted by molar-refractivity contribution is 6.30. The van der Waals surface area contributed by atoms with Crippen molar-refractivity contribution in [2.24, 2.45) is 5.92 Å². The summed E-state index contributed by atoms with van der Waals surface area (Å²) in [7, 11) is 0.